The lowest BCUT2D eigenvalue weighted by atomic mass is 10.1. The molecule has 0 bridgehead atoms. The Labute approximate surface area is 71.9 Å². The van der Waals surface area contributed by atoms with Gasteiger partial charge in [0.25, 0.3) is 0 Å². The summed E-state index contributed by atoms with van der Waals surface area (Å²) >= 11 is 0. The number of aromatic nitrogens is 2. The van der Waals surface area contributed by atoms with Crippen molar-refractivity contribution in [3.05, 3.63) is 11.7 Å². The smallest absolute Gasteiger partial charge is 0.329 e. The van der Waals surface area contributed by atoms with Crippen molar-refractivity contribution >= 4 is 0 Å². The van der Waals surface area contributed by atoms with E-state index in [4.69, 9.17) is 5.73 Å². The number of hydrogen-bond donors (Lipinski definition) is 1. The van der Waals surface area contributed by atoms with Crippen molar-refractivity contribution in [1.29, 1.82) is 0 Å². The van der Waals surface area contributed by atoms with Gasteiger partial charge in [-0.15, -0.1) is 0 Å². The molecule has 2 N–H and O–H groups in total. The van der Waals surface area contributed by atoms with Crippen LogP contribution >= 0.6 is 0 Å². The highest BCUT2D eigenvalue weighted by Crippen LogP contribution is 2.28. The molecule has 1 aromatic heterocycles. The molecule has 74 valence electrons. The van der Waals surface area contributed by atoms with Crippen LogP contribution in [0.5, 0.6) is 0 Å². The Hall–Kier alpha value is -1.11. The number of nitrogens with two attached hydrogens (primary N) is 1. The van der Waals surface area contributed by atoms with Gasteiger partial charge in [0.2, 0.25) is 0 Å². The molecular formula is C6H8F3N3O. The van der Waals surface area contributed by atoms with Gasteiger partial charge in [0.1, 0.15) is 0 Å². The highest BCUT2D eigenvalue weighted by molar-refractivity contribution is 5.00. The molecule has 0 radical (unpaired) electrons. The van der Waals surface area contributed by atoms with Crippen molar-refractivity contribution in [2.75, 3.05) is 0 Å². The van der Waals surface area contributed by atoms with Crippen LogP contribution in [0.4, 0.5) is 13.2 Å². The Morgan fingerprint density at radius 2 is 1.85 bits per heavy atom. The predicted molar refractivity (Wildman–Crippen MR) is 36.5 cm³/mol. The van der Waals surface area contributed by atoms with E-state index in [2.05, 4.69) is 14.7 Å². The van der Waals surface area contributed by atoms with Crippen molar-refractivity contribution in [3.8, 4) is 0 Å². The average molecular weight is 195 g/mol. The summed E-state index contributed by atoms with van der Waals surface area (Å²) in [5, 5.41) is 3.12. The Morgan fingerprint density at radius 1 is 1.31 bits per heavy atom. The van der Waals surface area contributed by atoms with E-state index >= 15 is 0 Å². The van der Waals surface area contributed by atoms with Gasteiger partial charge in [0.15, 0.2) is 5.82 Å². The lowest BCUT2D eigenvalue weighted by Crippen LogP contribution is -2.30. The maximum Gasteiger partial charge on any atom is 0.471 e. The van der Waals surface area contributed by atoms with E-state index in [0.29, 0.717) is 0 Å². The monoisotopic (exact) mass is 195 g/mol. The Morgan fingerprint density at radius 3 is 2.08 bits per heavy atom. The largest absolute Gasteiger partial charge is 0.471 e. The summed E-state index contributed by atoms with van der Waals surface area (Å²) in [4.78, 5) is 3.12. The average Bonchev–Trinajstić information content (AvgIpc) is 2.28. The minimum Gasteiger partial charge on any atom is -0.329 e. The highest BCUT2D eigenvalue weighted by Gasteiger charge is 2.39. The third-order valence-electron chi connectivity index (χ3n) is 1.24. The van der Waals surface area contributed by atoms with E-state index in [1.165, 1.54) is 13.8 Å². The van der Waals surface area contributed by atoms with E-state index < -0.39 is 17.6 Å². The molecule has 1 aromatic rings. The third kappa shape index (κ3) is 2.18. The minimum atomic E-state index is -4.61. The molecule has 4 nitrogen and oxygen atoms in total. The quantitative estimate of drug-likeness (QED) is 0.733. The zero-order valence-electron chi connectivity index (χ0n) is 7.01. The van der Waals surface area contributed by atoms with Crippen molar-refractivity contribution in [2.45, 2.75) is 25.6 Å². The van der Waals surface area contributed by atoms with Gasteiger partial charge in [0.05, 0.1) is 5.54 Å². The normalized spacial score (nSPS) is 13.4. The number of hydrogen-bond acceptors (Lipinski definition) is 4. The van der Waals surface area contributed by atoms with Crippen LogP contribution in [0.2, 0.25) is 0 Å². The molecule has 7 heteroatoms. The molecule has 1 rings (SSSR count). The fourth-order valence-electron chi connectivity index (χ4n) is 0.600. The van der Waals surface area contributed by atoms with E-state index in [1.54, 1.807) is 0 Å². The molecule has 0 unspecified atom stereocenters. The van der Waals surface area contributed by atoms with Crippen LogP contribution in [0.3, 0.4) is 0 Å². The number of rotatable bonds is 1. The zero-order chi connectivity index (χ0) is 10.3. The summed E-state index contributed by atoms with van der Waals surface area (Å²) in [6.45, 7) is 2.97. The van der Waals surface area contributed by atoms with Crippen LogP contribution in [0, 0.1) is 0 Å². The van der Waals surface area contributed by atoms with Gasteiger partial charge in [-0.2, -0.15) is 18.2 Å². The lowest BCUT2D eigenvalue weighted by Gasteiger charge is -2.11. The molecule has 0 atom stereocenters. The molecule has 0 saturated carbocycles. The first-order valence-corrected chi connectivity index (χ1v) is 3.41. The molecule has 0 aliphatic carbocycles. The van der Waals surface area contributed by atoms with Crippen LogP contribution in [-0.4, -0.2) is 10.1 Å². The van der Waals surface area contributed by atoms with Crippen molar-refractivity contribution in [2.24, 2.45) is 5.73 Å². The molecule has 1 heterocycles. The van der Waals surface area contributed by atoms with Crippen LogP contribution in [0.1, 0.15) is 25.6 Å². The second-order valence-corrected chi connectivity index (χ2v) is 3.14. The van der Waals surface area contributed by atoms with E-state index in [9.17, 15) is 13.2 Å². The van der Waals surface area contributed by atoms with Crippen LogP contribution in [-0.2, 0) is 11.7 Å². The molecule has 0 saturated heterocycles. The van der Waals surface area contributed by atoms with Crippen molar-refractivity contribution in [3.63, 3.8) is 0 Å². The predicted octanol–water partition coefficient (Wildman–Crippen LogP) is 1.28. The summed E-state index contributed by atoms with van der Waals surface area (Å²) in [5.74, 6) is -1.54. The first-order valence-electron chi connectivity index (χ1n) is 3.41. The van der Waals surface area contributed by atoms with Gasteiger partial charge < -0.3 is 10.3 Å². The maximum atomic E-state index is 12.0. The molecule has 0 aliphatic rings. The van der Waals surface area contributed by atoms with Crippen molar-refractivity contribution < 1.29 is 17.7 Å². The highest BCUT2D eigenvalue weighted by atomic mass is 19.4. The number of nitrogens with zero attached hydrogens (tertiary/aromatic N) is 2. The summed E-state index contributed by atoms with van der Waals surface area (Å²) in [6.07, 6.45) is -4.61. The summed E-state index contributed by atoms with van der Waals surface area (Å²) in [7, 11) is 0. The van der Waals surface area contributed by atoms with Gasteiger partial charge in [-0.05, 0) is 13.8 Å². The molecule has 0 aromatic carbocycles. The lowest BCUT2D eigenvalue weighted by molar-refractivity contribution is -0.159. The zero-order valence-corrected chi connectivity index (χ0v) is 7.01. The first-order chi connectivity index (χ1) is 5.71. The number of alkyl halides is 3. The van der Waals surface area contributed by atoms with E-state index in [0.717, 1.165) is 0 Å². The van der Waals surface area contributed by atoms with E-state index in [1.807, 2.05) is 0 Å². The Balaban J connectivity index is 3.01. The summed E-state index contributed by atoms with van der Waals surface area (Å²) in [6, 6.07) is 0. The molecular weight excluding hydrogens is 187 g/mol. The topological polar surface area (TPSA) is 64.9 Å². The Bertz CT molecular complexity index is 270. The second-order valence-electron chi connectivity index (χ2n) is 3.14. The Kier molecular flexibility index (Phi) is 2.07. The molecule has 0 spiro atoms. The van der Waals surface area contributed by atoms with Gasteiger partial charge >= 0.3 is 12.1 Å². The van der Waals surface area contributed by atoms with Crippen LogP contribution in [0.25, 0.3) is 0 Å². The fourth-order valence-corrected chi connectivity index (χ4v) is 0.600. The molecule has 0 fully saturated rings. The van der Waals surface area contributed by atoms with Crippen LogP contribution in [0.15, 0.2) is 4.52 Å². The number of halogens is 3. The van der Waals surface area contributed by atoms with Gasteiger partial charge in [-0.25, -0.2) is 0 Å². The third-order valence-corrected chi connectivity index (χ3v) is 1.24. The van der Waals surface area contributed by atoms with Gasteiger partial charge in [-0.1, -0.05) is 5.16 Å². The van der Waals surface area contributed by atoms with Crippen molar-refractivity contribution in [1.82, 2.24) is 10.1 Å². The van der Waals surface area contributed by atoms with E-state index in [-0.39, 0.29) is 5.82 Å². The SMILES string of the molecule is CC(C)(N)c1noc(C(F)(F)F)n1. The van der Waals surface area contributed by atoms with Gasteiger partial charge in [-0.3, -0.25) is 0 Å². The minimum absolute atomic E-state index is 0.167. The van der Waals surface area contributed by atoms with Gasteiger partial charge in [0, 0.05) is 0 Å². The maximum absolute atomic E-state index is 12.0. The second kappa shape index (κ2) is 2.69. The standard InChI is InChI=1S/C6H8F3N3O/c1-5(2,10)3-11-4(13-12-3)6(7,8)9/h10H2,1-2H3. The molecule has 13 heavy (non-hydrogen) atoms. The van der Waals surface area contributed by atoms with Crippen LogP contribution < -0.4 is 5.73 Å². The summed E-state index contributed by atoms with van der Waals surface area (Å²) in [5.41, 5.74) is 4.43. The fraction of sp³-hybridized carbons (Fsp3) is 0.667. The molecule has 0 aliphatic heterocycles. The molecule has 0 amide bonds. The first kappa shape index (κ1) is 9.97. The summed E-state index contributed by atoms with van der Waals surface area (Å²) < 4.78 is 39.8.